The van der Waals surface area contributed by atoms with Gasteiger partial charge in [-0.25, -0.2) is 13.1 Å². The second-order valence-electron chi connectivity index (χ2n) is 4.85. The molecule has 1 aromatic heterocycles. The molecule has 0 unspecified atom stereocenters. The molecule has 1 heterocycles. The lowest BCUT2D eigenvalue weighted by atomic mass is 10.1. The maximum absolute atomic E-state index is 11.7. The molecular formula is C13H13BrCl2N2O2S. The first-order valence-corrected chi connectivity index (χ1v) is 9.64. The van der Waals surface area contributed by atoms with Crippen LogP contribution in [0, 0.1) is 0 Å². The Morgan fingerprint density at radius 2 is 1.95 bits per heavy atom. The molecule has 0 N–H and O–H groups in total. The van der Waals surface area contributed by atoms with Gasteiger partial charge in [-0.05, 0) is 17.5 Å². The van der Waals surface area contributed by atoms with Gasteiger partial charge in [0.05, 0.1) is 12.2 Å². The van der Waals surface area contributed by atoms with Gasteiger partial charge in [0.25, 0.3) is 9.05 Å². The molecule has 0 aliphatic heterocycles. The zero-order valence-electron chi connectivity index (χ0n) is 11.3. The van der Waals surface area contributed by atoms with Crippen LogP contribution >= 0.6 is 38.2 Å². The fourth-order valence-electron chi connectivity index (χ4n) is 1.94. The van der Waals surface area contributed by atoms with Crippen molar-refractivity contribution >= 4 is 47.3 Å². The van der Waals surface area contributed by atoms with E-state index in [4.69, 9.17) is 22.3 Å². The Hall–Kier alpha value is -0.560. The molecule has 8 heteroatoms. The minimum atomic E-state index is -3.95. The third-order valence-corrected chi connectivity index (χ3v) is 5.57. The predicted molar refractivity (Wildman–Crippen MR) is 87.6 cm³/mol. The van der Waals surface area contributed by atoms with Crippen molar-refractivity contribution in [1.29, 1.82) is 0 Å². The molecule has 0 amide bonds. The molecule has 2 rings (SSSR count). The first kappa shape index (κ1) is 16.8. The van der Waals surface area contributed by atoms with Gasteiger partial charge in [-0.15, -0.1) is 0 Å². The number of nitrogens with zero attached hydrogens (tertiary/aromatic N) is 2. The van der Waals surface area contributed by atoms with Gasteiger partial charge in [-0.2, -0.15) is 5.10 Å². The molecule has 0 bridgehead atoms. The van der Waals surface area contributed by atoms with Crippen molar-refractivity contribution < 1.29 is 8.42 Å². The van der Waals surface area contributed by atoms with Gasteiger partial charge in [0.15, 0.2) is 0 Å². The summed E-state index contributed by atoms with van der Waals surface area (Å²) in [5.41, 5.74) is 1.32. The van der Waals surface area contributed by atoms with Crippen LogP contribution in [0.5, 0.6) is 0 Å². The van der Waals surface area contributed by atoms with E-state index in [-0.39, 0.29) is 16.0 Å². The van der Waals surface area contributed by atoms with Crippen LogP contribution in [-0.2, 0) is 15.6 Å². The van der Waals surface area contributed by atoms with Crippen molar-refractivity contribution in [2.24, 2.45) is 0 Å². The molecule has 21 heavy (non-hydrogen) atoms. The van der Waals surface area contributed by atoms with E-state index in [1.54, 1.807) is 0 Å². The number of rotatable bonds is 4. The van der Waals surface area contributed by atoms with E-state index in [2.05, 4.69) is 21.0 Å². The van der Waals surface area contributed by atoms with Crippen molar-refractivity contribution in [2.75, 3.05) is 0 Å². The summed E-state index contributed by atoms with van der Waals surface area (Å²) in [6.07, 6.45) is 0. The normalized spacial score (nSPS) is 12.1. The highest BCUT2D eigenvalue weighted by Crippen LogP contribution is 2.33. The number of hydrogen-bond donors (Lipinski definition) is 0. The monoisotopic (exact) mass is 410 g/mol. The molecule has 1 aromatic carbocycles. The molecule has 4 nitrogen and oxygen atoms in total. The van der Waals surface area contributed by atoms with Crippen LogP contribution in [0.1, 0.15) is 31.0 Å². The van der Waals surface area contributed by atoms with Gasteiger partial charge < -0.3 is 0 Å². The van der Waals surface area contributed by atoms with Crippen molar-refractivity contribution in [3.8, 4) is 0 Å². The largest absolute Gasteiger partial charge is 0.266 e. The maximum Gasteiger partial charge on any atom is 0.266 e. The van der Waals surface area contributed by atoms with Gasteiger partial charge in [-0.1, -0.05) is 59.6 Å². The lowest BCUT2D eigenvalue weighted by Gasteiger charge is -2.05. The highest BCUT2D eigenvalue weighted by molar-refractivity contribution is 9.10. The van der Waals surface area contributed by atoms with Gasteiger partial charge in [0, 0.05) is 15.2 Å². The van der Waals surface area contributed by atoms with Gasteiger partial charge >= 0.3 is 0 Å². The second-order valence-corrected chi connectivity index (χ2v) is 8.56. The highest BCUT2D eigenvalue weighted by Gasteiger charge is 2.28. The Kier molecular flexibility index (Phi) is 5.03. The number of benzene rings is 1. The minimum Gasteiger partial charge on any atom is -0.248 e. The van der Waals surface area contributed by atoms with Crippen molar-refractivity contribution in [3.63, 3.8) is 0 Å². The zero-order chi connectivity index (χ0) is 15.8. The van der Waals surface area contributed by atoms with Crippen LogP contribution in [0.15, 0.2) is 33.6 Å². The summed E-state index contributed by atoms with van der Waals surface area (Å²) in [7, 11) is 1.54. The third kappa shape index (κ3) is 3.62. The van der Waals surface area contributed by atoms with E-state index < -0.39 is 9.05 Å². The number of hydrogen-bond acceptors (Lipinski definition) is 3. The Balaban J connectivity index is 2.54. The summed E-state index contributed by atoms with van der Waals surface area (Å²) in [6, 6.07) is 7.59. The summed E-state index contributed by atoms with van der Waals surface area (Å²) in [5.74, 6) is -0.105. The molecular weight excluding hydrogens is 399 g/mol. The van der Waals surface area contributed by atoms with E-state index in [1.165, 1.54) is 4.68 Å². The first-order chi connectivity index (χ1) is 9.71. The summed E-state index contributed by atoms with van der Waals surface area (Å²) < 4.78 is 25.8. The van der Waals surface area contributed by atoms with E-state index in [1.807, 2.05) is 38.1 Å². The van der Waals surface area contributed by atoms with Gasteiger partial charge in [-0.3, -0.25) is 0 Å². The van der Waals surface area contributed by atoms with Gasteiger partial charge in [0.2, 0.25) is 0 Å². The average Bonchev–Trinajstić information content (AvgIpc) is 2.70. The van der Waals surface area contributed by atoms with Crippen LogP contribution in [0.3, 0.4) is 0 Å². The Morgan fingerprint density at radius 1 is 1.33 bits per heavy atom. The molecule has 0 saturated carbocycles. The Bertz CT molecular complexity index is 772. The third-order valence-electron chi connectivity index (χ3n) is 2.94. The lowest BCUT2D eigenvalue weighted by molar-refractivity contribution is 0.607. The zero-order valence-corrected chi connectivity index (χ0v) is 15.3. The van der Waals surface area contributed by atoms with Crippen LogP contribution in [0.2, 0.25) is 5.15 Å². The predicted octanol–water partition coefficient (Wildman–Crippen LogP) is 4.40. The first-order valence-electron chi connectivity index (χ1n) is 6.16. The van der Waals surface area contributed by atoms with E-state index >= 15 is 0 Å². The van der Waals surface area contributed by atoms with E-state index in [9.17, 15) is 8.42 Å². The van der Waals surface area contributed by atoms with Crippen LogP contribution in [-0.4, -0.2) is 18.2 Å². The highest BCUT2D eigenvalue weighted by atomic mass is 79.9. The van der Waals surface area contributed by atoms with Crippen molar-refractivity contribution in [2.45, 2.75) is 31.2 Å². The molecule has 0 aliphatic carbocycles. The fraction of sp³-hybridized carbons (Fsp3) is 0.308. The smallest absolute Gasteiger partial charge is 0.248 e. The molecule has 0 spiro atoms. The summed E-state index contributed by atoms with van der Waals surface area (Å²) in [6.45, 7) is 4.03. The Morgan fingerprint density at radius 3 is 2.43 bits per heavy atom. The number of aromatic nitrogens is 2. The van der Waals surface area contributed by atoms with Crippen LogP contribution in [0.4, 0.5) is 0 Å². The SMILES string of the molecule is CC(C)c1nn(Cc2ccccc2Br)c(Cl)c1S(=O)(=O)Cl. The maximum atomic E-state index is 11.7. The number of halogens is 3. The fourth-order valence-corrected chi connectivity index (χ4v) is 4.26. The summed E-state index contributed by atoms with van der Waals surface area (Å²) >= 11 is 9.63. The molecule has 0 radical (unpaired) electrons. The van der Waals surface area contributed by atoms with E-state index in [0.29, 0.717) is 12.2 Å². The van der Waals surface area contributed by atoms with E-state index in [0.717, 1.165) is 10.0 Å². The Labute approximate surface area is 141 Å². The van der Waals surface area contributed by atoms with Crippen molar-refractivity contribution in [1.82, 2.24) is 9.78 Å². The molecule has 114 valence electrons. The van der Waals surface area contributed by atoms with Crippen LogP contribution in [0.25, 0.3) is 0 Å². The molecule has 0 fully saturated rings. The minimum absolute atomic E-state index is 0.0319. The summed E-state index contributed by atoms with van der Waals surface area (Å²) in [5, 5.41) is 4.34. The molecule has 0 saturated heterocycles. The van der Waals surface area contributed by atoms with Crippen LogP contribution < -0.4 is 0 Å². The van der Waals surface area contributed by atoms with Gasteiger partial charge in [0.1, 0.15) is 10.0 Å². The topological polar surface area (TPSA) is 52.0 Å². The molecule has 2 aromatic rings. The van der Waals surface area contributed by atoms with Crippen molar-refractivity contribution in [3.05, 3.63) is 45.1 Å². The molecule has 0 aliphatic rings. The molecule has 0 atom stereocenters. The lowest BCUT2D eigenvalue weighted by Crippen LogP contribution is -2.03. The summed E-state index contributed by atoms with van der Waals surface area (Å²) in [4.78, 5) is -0.104. The standard InChI is InChI=1S/C13H13BrCl2N2O2S/c1-8(2)11-12(21(16,19)20)13(15)18(17-11)7-9-5-3-4-6-10(9)14/h3-6,8H,7H2,1-2H3. The average molecular weight is 412 g/mol. The quantitative estimate of drug-likeness (QED) is 0.700. The second kappa shape index (κ2) is 6.28.